The molecule has 3 rings (SSSR count). The van der Waals surface area contributed by atoms with Crippen LogP contribution in [0.5, 0.6) is 5.75 Å². The molecule has 2 aromatic carbocycles. The maximum Gasteiger partial charge on any atom is 0.323 e. The molecule has 23 heavy (non-hydrogen) atoms. The summed E-state index contributed by atoms with van der Waals surface area (Å²) in [6, 6.07) is 7.85. The SMILES string of the molecule is COc1c(Cl)ccc2c(=O)c3ccc(Cl)cc3n(CC(=O)O)c12. The molecule has 5 nitrogen and oxygen atoms in total. The van der Waals surface area contributed by atoms with E-state index in [9.17, 15) is 14.7 Å². The van der Waals surface area contributed by atoms with Crippen molar-refractivity contribution in [1.29, 1.82) is 0 Å². The lowest BCUT2D eigenvalue weighted by atomic mass is 10.1. The van der Waals surface area contributed by atoms with Gasteiger partial charge in [-0.3, -0.25) is 9.59 Å². The number of halogens is 2. The van der Waals surface area contributed by atoms with E-state index in [1.54, 1.807) is 30.3 Å². The fraction of sp³-hybridized carbons (Fsp3) is 0.125. The van der Waals surface area contributed by atoms with Crippen molar-refractivity contribution in [2.45, 2.75) is 6.54 Å². The van der Waals surface area contributed by atoms with Gasteiger partial charge in [-0.1, -0.05) is 23.2 Å². The number of carboxylic acids is 1. The molecule has 3 aromatic rings. The highest BCUT2D eigenvalue weighted by molar-refractivity contribution is 6.33. The Labute approximate surface area is 140 Å². The van der Waals surface area contributed by atoms with Crippen LogP contribution in [0.25, 0.3) is 21.8 Å². The molecule has 0 atom stereocenters. The van der Waals surface area contributed by atoms with Crippen molar-refractivity contribution in [3.05, 3.63) is 50.6 Å². The van der Waals surface area contributed by atoms with Crippen LogP contribution in [-0.2, 0) is 11.3 Å². The van der Waals surface area contributed by atoms with Gasteiger partial charge in [-0.2, -0.15) is 0 Å². The van der Waals surface area contributed by atoms with Crippen molar-refractivity contribution in [2.75, 3.05) is 7.11 Å². The highest BCUT2D eigenvalue weighted by Crippen LogP contribution is 2.34. The molecule has 1 N–H and O–H groups in total. The number of hydrogen-bond donors (Lipinski definition) is 1. The number of hydrogen-bond acceptors (Lipinski definition) is 3. The van der Waals surface area contributed by atoms with Gasteiger partial charge in [-0.25, -0.2) is 0 Å². The van der Waals surface area contributed by atoms with E-state index in [0.29, 0.717) is 31.9 Å². The minimum Gasteiger partial charge on any atom is -0.493 e. The Morgan fingerprint density at radius 1 is 1.22 bits per heavy atom. The Kier molecular flexibility index (Phi) is 3.92. The number of nitrogens with zero attached hydrogens (tertiary/aromatic N) is 1. The average molecular weight is 352 g/mol. The van der Waals surface area contributed by atoms with Crippen LogP contribution in [0, 0.1) is 0 Å². The molecule has 0 radical (unpaired) electrons. The molecule has 7 heteroatoms. The fourth-order valence-corrected chi connectivity index (χ4v) is 3.07. The van der Waals surface area contributed by atoms with Gasteiger partial charge >= 0.3 is 5.97 Å². The second-order valence-electron chi connectivity index (χ2n) is 4.95. The maximum absolute atomic E-state index is 12.7. The fourth-order valence-electron chi connectivity index (χ4n) is 2.68. The summed E-state index contributed by atoms with van der Waals surface area (Å²) in [5.41, 5.74) is 0.517. The van der Waals surface area contributed by atoms with Crippen LogP contribution in [0.1, 0.15) is 0 Å². The first-order valence-electron chi connectivity index (χ1n) is 6.64. The summed E-state index contributed by atoms with van der Waals surface area (Å²) in [4.78, 5) is 24.0. The summed E-state index contributed by atoms with van der Waals surface area (Å²) in [7, 11) is 1.42. The standard InChI is InChI=1S/C16H11Cl2NO4/c1-23-16-11(18)5-4-10-14(16)19(7-13(20)21)12-6-8(17)2-3-9(12)15(10)22/h2-6H,7H2,1H3,(H,20,21). The number of pyridine rings is 1. The second-order valence-corrected chi connectivity index (χ2v) is 5.79. The molecular formula is C16H11Cl2NO4. The van der Waals surface area contributed by atoms with E-state index in [2.05, 4.69) is 0 Å². The van der Waals surface area contributed by atoms with E-state index >= 15 is 0 Å². The van der Waals surface area contributed by atoms with E-state index in [-0.39, 0.29) is 17.7 Å². The van der Waals surface area contributed by atoms with Crippen molar-refractivity contribution in [2.24, 2.45) is 0 Å². The zero-order valence-electron chi connectivity index (χ0n) is 12.0. The lowest BCUT2D eigenvalue weighted by molar-refractivity contribution is -0.137. The molecule has 0 amide bonds. The molecule has 118 valence electrons. The van der Waals surface area contributed by atoms with Crippen LogP contribution in [-0.4, -0.2) is 22.8 Å². The van der Waals surface area contributed by atoms with Crippen LogP contribution in [0.15, 0.2) is 35.1 Å². The quantitative estimate of drug-likeness (QED) is 0.732. The van der Waals surface area contributed by atoms with Gasteiger partial charge in [0, 0.05) is 10.4 Å². The highest BCUT2D eigenvalue weighted by Gasteiger charge is 2.18. The molecule has 0 aliphatic rings. The van der Waals surface area contributed by atoms with Crippen molar-refractivity contribution < 1.29 is 14.6 Å². The van der Waals surface area contributed by atoms with Gasteiger partial charge in [0.25, 0.3) is 0 Å². The number of carboxylic acid groups (broad SMARTS) is 1. The maximum atomic E-state index is 12.7. The van der Waals surface area contributed by atoms with Gasteiger partial charge in [-0.05, 0) is 30.3 Å². The lowest BCUT2D eigenvalue weighted by Gasteiger charge is -2.16. The Morgan fingerprint density at radius 2 is 1.91 bits per heavy atom. The Morgan fingerprint density at radius 3 is 2.57 bits per heavy atom. The number of ether oxygens (including phenoxy) is 1. The predicted octanol–water partition coefficient (Wildman–Crippen LogP) is 3.55. The number of fused-ring (bicyclic) bond motifs is 2. The predicted molar refractivity (Wildman–Crippen MR) is 89.9 cm³/mol. The lowest BCUT2D eigenvalue weighted by Crippen LogP contribution is -2.16. The van der Waals surface area contributed by atoms with E-state index in [1.165, 1.54) is 11.7 Å². The van der Waals surface area contributed by atoms with Crippen molar-refractivity contribution in [3.8, 4) is 5.75 Å². The molecule has 0 aliphatic carbocycles. The monoisotopic (exact) mass is 351 g/mol. The number of rotatable bonds is 3. The number of benzene rings is 2. The highest BCUT2D eigenvalue weighted by atomic mass is 35.5. The summed E-state index contributed by atoms with van der Waals surface area (Å²) in [5.74, 6) is -0.803. The first-order valence-corrected chi connectivity index (χ1v) is 7.39. The van der Waals surface area contributed by atoms with Gasteiger partial charge in [-0.15, -0.1) is 0 Å². The second kappa shape index (κ2) is 5.76. The van der Waals surface area contributed by atoms with Crippen LogP contribution in [0.3, 0.4) is 0 Å². The van der Waals surface area contributed by atoms with Crippen molar-refractivity contribution in [1.82, 2.24) is 4.57 Å². The van der Waals surface area contributed by atoms with Crippen molar-refractivity contribution in [3.63, 3.8) is 0 Å². The number of carbonyl (C=O) groups is 1. The van der Waals surface area contributed by atoms with Gasteiger partial charge < -0.3 is 14.4 Å². The molecule has 0 fully saturated rings. The Bertz CT molecular complexity index is 1010. The van der Waals surface area contributed by atoms with Gasteiger partial charge in [0.2, 0.25) is 0 Å². The molecule has 0 aliphatic heterocycles. The van der Waals surface area contributed by atoms with E-state index < -0.39 is 5.97 Å². The van der Waals surface area contributed by atoms with Crippen LogP contribution in [0.4, 0.5) is 0 Å². The summed E-state index contributed by atoms with van der Waals surface area (Å²) >= 11 is 12.1. The molecule has 0 bridgehead atoms. The minimum absolute atomic E-state index is 0.233. The molecular weight excluding hydrogens is 341 g/mol. The van der Waals surface area contributed by atoms with Crippen LogP contribution in [0.2, 0.25) is 10.0 Å². The topological polar surface area (TPSA) is 68.5 Å². The summed E-state index contributed by atoms with van der Waals surface area (Å²) in [5, 5.41) is 10.7. The van der Waals surface area contributed by atoms with E-state index in [0.717, 1.165) is 0 Å². The molecule has 1 aromatic heterocycles. The first kappa shape index (κ1) is 15.6. The largest absolute Gasteiger partial charge is 0.493 e. The molecule has 0 spiro atoms. The molecule has 0 saturated heterocycles. The first-order chi connectivity index (χ1) is 10.9. The molecule has 0 saturated carbocycles. The molecule has 0 unspecified atom stereocenters. The third-order valence-electron chi connectivity index (χ3n) is 3.59. The van der Waals surface area contributed by atoms with E-state index in [1.807, 2.05) is 0 Å². The Balaban J connectivity index is 2.64. The third-order valence-corrected chi connectivity index (χ3v) is 4.12. The normalized spacial score (nSPS) is 11.1. The zero-order chi connectivity index (χ0) is 16.7. The number of aromatic nitrogens is 1. The third kappa shape index (κ3) is 2.52. The van der Waals surface area contributed by atoms with Crippen LogP contribution >= 0.6 is 23.2 Å². The smallest absolute Gasteiger partial charge is 0.323 e. The molecule has 1 heterocycles. The zero-order valence-corrected chi connectivity index (χ0v) is 13.5. The van der Waals surface area contributed by atoms with Gasteiger partial charge in [0.15, 0.2) is 11.2 Å². The van der Waals surface area contributed by atoms with Crippen LogP contribution < -0.4 is 10.2 Å². The summed E-state index contributed by atoms with van der Waals surface area (Å²) in [6.07, 6.45) is 0. The van der Waals surface area contributed by atoms with E-state index in [4.69, 9.17) is 27.9 Å². The average Bonchev–Trinajstić information content (AvgIpc) is 2.50. The Hall–Kier alpha value is -2.24. The minimum atomic E-state index is -1.06. The number of aliphatic carboxylic acids is 1. The summed E-state index contributed by atoms with van der Waals surface area (Å²) < 4.78 is 6.77. The van der Waals surface area contributed by atoms with Gasteiger partial charge in [0.1, 0.15) is 6.54 Å². The van der Waals surface area contributed by atoms with Crippen molar-refractivity contribution >= 4 is 51.0 Å². The van der Waals surface area contributed by atoms with Gasteiger partial charge in [0.05, 0.1) is 28.6 Å². The number of methoxy groups -OCH3 is 1. The summed E-state index contributed by atoms with van der Waals surface area (Å²) in [6.45, 7) is -0.357.